The van der Waals surface area contributed by atoms with E-state index in [2.05, 4.69) is 9.97 Å². The molecule has 0 fully saturated rings. The molecular formula is C13H16FN3O. The molecule has 18 heavy (non-hydrogen) atoms. The fourth-order valence-electron chi connectivity index (χ4n) is 1.63. The summed E-state index contributed by atoms with van der Waals surface area (Å²) in [7, 11) is 0. The zero-order valence-corrected chi connectivity index (χ0v) is 10.4. The molecular weight excluding hydrogens is 233 g/mol. The maximum atomic E-state index is 13.8. The second kappa shape index (κ2) is 5.18. The number of aromatic nitrogens is 2. The molecule has 0 amide bonds. The van der Waals surface area contributed by atoms with Crippen molar-refractivity contribution in [3.63, 3.8) is 0 Å². The van der Waals surface area contributed by atoms with Gasteiger partial charge in [-0.1, -0.05) is 0 Å². The first-order valence-corrected chi connectivity index (χ1v) is 5.80. The van der Waals surface area contributed by atoms with Crippen LogP contribution in [0.3, 0.4) is 0 Å². The predicted octanol–water partition coefficient (Wildman–Crippen LogP) is 2.46. The van der Waals surface area contributed by atoms with Crippen molar-refractivity contribution >= 4 is 0 Å². The second-order valence-corrected chi connectivity index (χ2v) is 4.26. The van der Waals surface area contributed by atoms with Crippen molar-refractivity contribution in [2.75, 3.05) is 0 Å². The molecule has 0 bridgehead atoms. The summed E-state index contributed by atoms with van der Waals surface area (Å²) in [4.78, 5) is 7.10. The topological polar surface area (TPSA) is 63.9 Å². The van der Waals surface area contributed by atoms with Gasteiger partial charge in [-0.05, 0) is 32.0 Å². The van der Waals surface area contributed by atoms with Gasteiger partial charge < -0.3 is 15.5 Å². The van der Waals surface area contributed by atoms with E-state index in [0.29, 0.717) is 12.4 Å². The number of hydrogen-bond acceptors (Lipinski definition) is 3. The van der Waals surface area contributed by atoms with E-state index in [1.165, 1.54) is 6.07 Å². The lowest BCUT2D eigenvalue weighted by molar-refractivity contribution is 0.231. The Bertz CT molecular complexity index is 537. The van der Waals surface area contributed by atoms with Gasteiger partial charge in [0.25, 0.3) is 0 Å². The fourth-order valence-corrected chi connectivity index (χ4v) is 1.63. The number of nitrogens with two attached hydrogens (primary N) is 1. The lowest BCUT2D eigenvalue weighted by Gasteiger charge is -2.11. The minimum atomic E-state index is -0.384. The van der Waals surface area contributed by atoms with Crippen molar-refractivity contribution in [3.8, 4) is 17.0 Å². The Labute approximate surface area is 105 Å². The third-order valence-corrected chi connectivity index (χ3v) is 2.43. The van der Waals surface area contributed by atoms with Crippen LogP contribution in [0.15, 0.2) is 24.4 Å². The molecule has 0 spiro atoms. The summed E-state index contributed by atoms with van der Waals surface area (Å²) in [6, 6.07) is 4.83. The predicted molar refractivity (Wildman–Crippen MR) is 67.6 cm³/mol. The van der Waals surface area contributed by atoms with Gasteiger partial charge in [-0.25, -0.2) is 9.37 Å². The number of H-pyrrole nitrogens is 1. The Morgan fingerprint density at radius 2 is 2.22 bits per heavy atom. The van der Waals surface area contributed by atoms with Gasteiger partial charge in [0, 0.05) is 5.56 Å². The van der Waals surface area contributed by atoms with Crippen LogP contribution in [0, 0.1) is 5.82 Å². The lowest BCUT2D eigenvalue weighted by atomic mass is 10.1. The number of imidazole rings is 1. The molecule has 0 saturated heterocycles. The number of ether oxygens (including phenoxy) is 1. The molecule has 0 aliphatic carbocycles. The van der Waals surface area contributed by atoms with Gasteiger partial charge in [0.15, 0.2) is 11.6 Å². The Morgan fingerprint density at radius 3 is 2.78 bits per heavy atom. The van der Waals surface area contributed by atoms with E-state index in [9.17, 15) is 4.39 Å². The zero-order valence-electron chi connectivity index (χ0n) is 10.4. The highest BCUT2D eigenvalue weighted by atomic mass is 19.1. The van der Waals surface area contributed by atoms with Gasteiger partial charge in [-0.3, -0.25) is 0 Å². The Morgan fingerprint density at radius 1 is 1.44 bits per heavy atom. The molecule has 1 aromatic carbocycles. The normalized spacial score (nSPS) is 10.9. The first-order chi connectivity index (χ1) is 8.60. The molecule has 0 radical (unpaired) electrons. The molecule has 0 unspecified atom stereocenters. The molecule has 1 heterocycles. The van der Waals surface area contributed by atoms with Gasteiger partial charge in [0.2, 0.25) is 0 Å². The van der Waals surface area contributed by atoms with Crippen molar-refractivity contribution in [2.24, 2.45) is 5.73 Å². The third-order valence-electron chi connectivity index (χ3n) is 2.43. The van der Waals surface area contributed by atoms with Gasteiger partial charge in [-0.2, -0.15) is 0 Å². The van der Waals surface area contributed by atoms with Gasteiger partial charge >= 0.3 is 0 Å². The molecule has 4 nitrogen and oxygen atoms in total. The highest BCUT2D eigenvalue weighted by Crippen LogP contribution is 2.25. The van der Waals surface area contributed by atoms with E-state index < -0.39 is 0 Å². The van der Waals surface area contributed by atoms with Crippen LogP contribution in [0.25, 0.3) is 11.3 Å². The van der Waals surface area contributed by atoms with E-state index in [4.69, 9.17) is 10.5 Å². The van der Waals surface area contributed by atoms with Gasteiger partial charge in [0.05, 0.1) is 24.5 Å². The monoisotopic (exact) mass is 249 g/mol. The quantitative estimate of drug-likeness (QED) is 0.874. The van der Waals surface area contributed by atoms with Crippen LogP contribution in [0.1, 0.15) is 19.7 Å². The summed E-state index contributed by atoms with van der Waals surface area (Å²) in [6.07, 6.45) is 1.58. The SMILES string of the molecule is CC(C)Oc1ccc(-c2cnc(CN)[nH]2)cc1F. The Hall–Kier alpha value is -1.88. The van der Waals surface area contributed by atoms with Crippen LogP contribution >= 0.6 is 0 Å². The number of rotatable bonds is 4. The number of hydrogen-bond donors (Lipinski definition) is 2. The van der Waals surface area contributed by atoms with Crippen LogP contribution < -0.4 is 10.5 Å². The van der Waals surface area contributed by atoms with Gasteiger partial charge in [-0.15, -0.1) is 0 Å². The number of halogens is 1. The minimum absolute atomic E-state index is 0.0543. The summed E-state index contributed by atoms with van der Waals surface area (Å²) in [5.41, 5.74) is 6.92. The average Bonchev–Trinajstić information content (AvgIpc) is 2.80. The summed E-state index contributed by atoms with van der Waals surface area (Å²) in [5, 5.41) is 0. The van der Waals surface area contributed by atoms with Crippen molar-refractivity contribution < 1.29 is 9.13 Å². The Balaban J connectivity index is 2.28. The smallest absolute Gasteiger partial charge is 0.165 e. The summed E-state index contributed by atoms with van der Waals surface area (Å²) < 4.78 is 19.1. The standard InChI is InChI=1S/C13H16FN3O/c1-8(2)18-12-4-3-9(5-10(12)14)11-7-16-13(6-15)17-11/h3-5,7-8H,6,15H2,1-2H3,(H,16,17). The van der Waals surface area contributed by atoms with E-state index in [1.54, 1.807) is 18.3 Å². The highest BCUT2D eigenvalue weighted by molar-refractivity contribution is 5.59. The number of aromatic amines is 1. The fraction of sp³-hybridized carbons (Fsp3) is 0.308. The molecule has 2 aromatic rings. The maximum absolute atomic E-state index is 13.8. The van der Waals surface area contributed by atoms with Crippen LogP contribution in [0.2, 0.25) is 0 Å². The molecule has 0 atom stereocenters. The molecule has 0 saturated carbocycles. The van der Waals surface area contributed by atoms with Crippen molar-refractivity contribution in [1.29, 1.82) is 0 Å². The maximum Gasteiger partial charge on any atom is 0.165 e. The zero-order chi connectivity index (χ0) is 13.1. The number of nitrogens with one attached hydrogen (secondary N) is 1. The third kappa shape index (κ3) is 2.68. The molecule has 5 heteroatoms. The lowest BCUT2D eigenvalue weighted by Crippen LogP contribution is -2.06. The second-order valence-electron chi connectivity index (χ2n) is 4.26. The molecule has 0 aliphatic rings. The number of nitrogens with zero attached hydrogens (tertiary/aromatic N) is 1. The number of benzene rings is 1. The molecule has 0 aliphatic heterocycles. The van der Waals surface area contributed by atoms with Crippen LogP contribution in [0.4, 0.5) is 4.39 Å². The minimum Gasteiger partial charge on any atom is -0.488 e. The largest absolute Gasteiger partial charge is 0.488 e. The van der Waals surface area contributed by atoms with Crippen LogP contribution in [-0.2, 0) is 6.54 Å². The average molecular weight is 249 g/mol. The molecule has 1 aromatic heterocycles. The van der Waals surface area contributed by atoms with E-state index >= 15 is 0 Å². The molecule has 3 N–H and O–H groups in total. The Kier molecular flexibility index (Phi) is 3.62. The van der Waals surface area contributed by atoms with E-state index in [0.717, 1.165) is 11.3 Å². The van der Waals surface area contributed by atoms with Crippen LogP contribution in [0.5, 0.6) is 5.75 Å². The van der Waals surface area contributed by atoms with Crippen molar-refractivity contribution in [2.45, 2.75) is 26.5 Å². The van der Waals surface area contributed by atoms with Crippen molar-refractivity contribution in [3.05, 3.63) is 36.0 Å². The first kappa shape index (κ1) is 12.6. The summed E-state index contributed by atoms with van der Waals surface area (Å²) in [5.74, 6) is 0.547. The van der Waals surface area contributed by atoms with Crippen LogP contribution in [-0.4, -0.2) is 16.1 Å². The highest BCUT2D eigenvalue weighted by Gasteiger charge is 2.09. The summed E-state index contributed by atoms with van der Waals surface area (Å²) in [6.45, 7) is 4.04. The first-order valence-electron chi connectivity index (χ1n) is 5.80. The van der Waals surface area contributed by atoms with E-state index in [1.807, 2.05) is 13.8 Å². The van der Waals surface area contributed by atoms with E-state index in [-0.39, 0.29) is 17.7 Å². The molecule has 96 valence electrons. The summed E-state index contributed by atoms with van der Waals surface area (Å²) >= 11 is 0. The molecule has 2 rings (SSSR count). The van der Waals surface area contributed by atoms with Gasteiger partial charge in [0.1, 0.15) is 5.82 Å². The van der Waals surface area contributed by atoms with Crippen molar-refractivity contribution in [1.82, 2.24) is 9.97 Å².